The van der Waals surface area contributed by atoms with E-state index in [9.17, 15) is 10.1 Å². The average molecular weight is 287 g/mol. The molecule has 1 aromatic carbocycles. The van der Waals surface area contributed by atoms with Crippen molar-refractivity contribution in [2.75, 3.05) is 31.1 Å². The summed E-state index contributed by atoms with van der Waals surface area (Å²) in [5.74, 6) is -0.769. The van der Waals surface area contributed by atoms with Crippen molar-refractivity contribution in [1.82, 2.24) is 4.90 Å². The third-order valence-electron chi connectivity index (χ3n) is 4.09. The van der Waals surface area contributed by atoms with Crippen LogP contribution in [0.3, 0.4) is 0 Å². The quantitative estimate of drug-likeness (QED) is 0.896. The summed E-state index contributed by atoms with van der Waals surface area (Å²) >= 11 is 0. The molecule has 2 rings (SSSR count). The van der Waals surface area contributed by atoms with E-state index in [-0.39, 0.29) is 6.54 Å². The molecule has 0 aromatic heterocycles. The minimum absolute atomic E-state index is 0.107. The Morgan fingerprint density at radius 2 is 2.10 bits per heavy atom. The first-order chi connectivity index (χ1) is 10.2. The summed E-state index contributed by atoms with van der Waals surface area (Å²) in [6, 6.07) is 10.2. The standard InChI is InChI=1S/C16H21N3O2/c1-2-18(12-16(20)21)14-7-9-19(10-8-14)15-6-4-3-5-13(15)11-17/h3-6,14H,2,7-10,12H2,1H3,(H,20,21). The Labute approximate surface area is 125 Å². The zero-order valence-electron chi connectivity index (χ0n) is 12.3. The van der Waals surface area contributed by atoms with Crippen molar-refractivity contribution in [2.24, 2.45) is 0 Å². The maximum absolute atomic E-state index is 10.9. The molecular formula is C16H21N3O2. The molecule has 1 fully saturated rings. The molecule has 1 aromatic rings. The van der Waals surface area contributed by atoms with Gasteiger partial charge in [0.2, 0.25) is 0 Å². The van der Waals surface area contributed by atoms with Gasteiger partial charge in [0.25, 0.3) is 0 Å². The smallest absolute Gasteiger partial charge is 0.317 e. The number of hydrogen-bond donors (Lipinski definition) is 1. The summed E-state index contributed by atoms with van der Waals surface area (Å²) in [6.07, 6.45) is 1.86. The minimum atomic E-state index is -0.769. The molecule has 0 atom stereocenters. The van der Waals surface area contributed by atoms with Crippen LogP contribution in [0.4, 0.5) is 5.69 Å². The normalized spacial score (nSPS) is 16.0. The first-order valence-corrected chi connectivity index (χ1v) is 7.35. The van der Waals surface area contributed by atoms with E-state index in [0.717, 1.165) is 38.2 Å². The van der Waals surface area contributed by atoms with Crippen molar-refractivity contribution >= 4 is 11.7 Å². The van der Waals surface area contributed by atoms with E-state index in [1.807, 2.05) is 36.1 Å². The number of likely N-dealkylation sites (N-methyl/N-ethyl adjacent to an activating group) is 1. The van der Waals surface area contributed by atoms with Gasteiger partial charge in [-0.1, -0.05) is 19.1 Å². The Hall–Kier alpha value is -2.06. The lowest BCUT2D eigenvalue weighted by Crippen LogP contribution is -2.46. The predicted molar refractivity (Wildman–Crippen MR) is 81.3 cm³/mol. The van der Waals surface area contributed by atoms with Gasteiger partial charge in [0.05, 0.1) is 17.8 Å². The number of anilines is 1. The molecule has 0 unspecified atom stereocenters. The van der Waals surface area contributed by atoms with Crippen molar-refractivity contribution in [3.63, 3.8) is 0 Å². The van der Waals surface area contributed by atoms with Gasteiger partial charge < -0.3 is 10.0 Å². The number of aliphatic carboxylic acids is 1. The Morgan fingerprint density at radius 3 is 2.67 bits per heavy atom. The minimum Gasteiger partial charge on any atom is -0.480 e. The third-order valence-corrected chi connectivity index (χ3v) is 4.09. The fourth-order valence-corrected chi connectivity index (χ4v) is 2.99. The van der Waals surface area contributed by atoms with E-state index in [4.69, 9.17) is 5.11 Å². The summed E-state index contributed by atoms with van der Waals surface area (Å²) < 4.78 is 0. The van der Waals surface area contributed by atoms with Crippen molar-refractivity contribution in [3.8, 4) is 6.07 Å². The molecule has 112 valence electrons. The van der Waals surface area contributed by atoms with Gasteiger partial charge in [-0.25, -0.2) is 0 Å². The second-order valence-corrected chi connectivity index (χ2v) is 5.30. The number of carbonyl (C=O) groups is 1. The van der Waals surface area contributed by atoms with Crippen LogP contribution in [0.25, 0.3) is 0 Å². The molecule has 21 heavy (non-hydrogen) atoms. The second kappa shape index (κ2) is 7.09. The predicted octanol–water partition coefficient (Wildman–Crippen LogP) is 1.93. The highest BCUT2D eigenvalue weighted by Crippen LogP contribution is 2.25. The number of carboxylic acid groups (broad SMARTS) is 1. The molecule has 5 nitrogen and oxygen atoms in total. The van der Waals surface area contributed by atoms with Crippen LogP contribution in [0.5, 0.6) is 0 Å². The van der Waals surface area contributed by atoms with E-state index in [2.05, 4.69) is 11.0 Å². The molecular weight excluding hydrogens is 266 g/mol. The molecule has 0 saturated carbocycles. The number of nitriles is 1. The van der Waals surface area contributed by atoms with Gasteiger partial charge in [0.1, 0.15) is 6.07 Å². The lowest BCUT2D eigenvalue weighted by atomic mass is 10.0. The Balaban J connectivity index is 2.00. The van der Waals surface area contributed by atoms with Crippen LogP contribution in [0.15, 0.2) is 24.3 Å². The van der Waals surface area contributed by atoms with E-state index in [0.29, 0.717) is 11.6 Å². The van der Waals surface area contributed by atoms with Crippen molar-refractivity contribution in [3.05, 3.63) is 29.8 Å². The topological polar surface area (TPSA) is 67.6 Å². The Bertz CT molecular complexity index is 531. The fourth-order valence-electron chi connectivity index (χ4n) is 2.99. The molecule has 1 N–H and O–H groups in total. The van der Waals surface area contributed by atoms with Crippen LogP contribution < -0.4 is 4.90 Å². The highest BCUT2D eigenvalue weighted by molar-refractivity contribution is 5.69. The van der Waals surface area contributed by atoms with Crippen LogP contribution in [-0.4, -0.2) is 48.2 Å². The molecule has 0 aliphatic carbocycles. The van der Waals surface area contributed by atoms with Gasteiger partial charge in [-0.2, -0.15) is 5.26 Å². The molecule has 0 amide bonds. The summed E-state index contributed by atoms with van der Waals surface area (Å²) in [5.41, 5.74) is 1.69. The van der Waals surface area contributed by atoms with E-state index >= 15 is 0 Å². The van der Waals surface area contributed by atoms with E-state index in [1.165, 1.54) is 0 Å². The van der Waals surface area contributed by atoms with Gasteiger partial charge in [0.15, 0.2) is 0 Å². The van der Waals surface area contributed by atoms with Crippen LogP contribution in [-0.2, 0) is 4.79 Å². The highest BCUT2D eigenvalue weighted by Gasteiger charge is 2.25. The Kier molecular flexibility index (Phi) is 5.18. The largest absolute Gasteiger partial charge is 0.480 e. The van der Waals surface area contributed by atoms with Gasteiger partial charge in [-0.3, -0.25) is 9.69 Å². The number of rotatable bonds is 5. The number of benzene rings is 1. The number of nitrogens with zero attached hydrogens (tertiary/aromatic N) is 3. The molecule has 0 radical (unpaired) electrons. The van der Waals surface area contributed by atoms with E-state index in [1.54, 1.807) is 0 Å². The molecule has 1 heterocycles. The van der Waals surface area contributed by atoms with Crippen LogP contribution >= 0.6 is 0 Å². The summed E-state index contributed by atoms with van der Waals surface area (Å²) in [4.78, 5) is 15.1. The van der Waals surface area contributed by atoms with Crippen LogP contribution in [0, 0.1) is 11.3 Å². The molecule has 5 heteroatoms. The zero-order chi connectivity index (χ0) is 15.2. The lowest BCUT2D eigenvalue weighted by molar-refractivity contribution is -0.139. The van der Waals surface area contributed by atoms with Gasteiger partial charge in [-0.15, -0.1) is 0 Å². The second-order valence-electron chi connectivity index (χ2n) is 5.30. The van der Waals surface area contributed by atoms with Crippen molar-refractivity contribution in [1.29, 1.82) is 5.26 Å². The zero-order valence-corrected chi connectivity index (χ0v) is 12.3. The SMILES string of the molecule is CCN(CC(=O)O)C1CCN(c2ccccc2C#N)CC1. The number of piperidine rings is 1. The monoisotopic (exact) mass is 287 g/mol. The van der Waals surface area contributed by atoms with Gasteiger partial charge in [0, 0.05) is 19.1 Å². The van der Waals surface area contributed by atoms with Crippen molar-refractivity contribution < 1.29 is 9.90 Å². The average Bonchev–Trinajstić information content (AvgIpc) is 2.52. The maximum atomic E-state index is 10.9. The first-order valence-electron chi connectivity index (χ1n) is 7.35. The summed E-state index contributed by atoms with van der Waals surface area (Å²) in [6.45, 7) is 4.58. The first kappa shape index (κ1) is 15.3. The molecule has 0 bridgehead atoms. The number of hydrogen-bond acceptors (Lipinski definition) is 4. The molecule has 0 spiro atoms. The highest BCUT2D eigenvalue weighted by atomic mass is 16.4. The maximum Gasteiger partial charge on any atom is 0.317 e. The fraction of sp³-hybridized carbons (Fsp3) is 0.500. The number of para-hydroxylation sites is 1. The lowest BCUT2D eigenvalue weighted by Gasteiger charge is -2.38. The molecule has 1 aliphatic rings. The van der Waals surface area contributed by atoms with Crippen molar-refractivity contribution in [2.45, 2.75) is 25.8 Å². The van der Waals surface area contributed by atoms with E-state index < -0.39 is 5.97 Å². The van der Waals surface area contributed by atoms with Crippen LogP contribution in [0.2, 0.25) is 0 Å². The number of carboxylic acids is 1. The third kappa shape index (κ3) is 3.73. The molecule has 1 saturated heterocycles. The van der Waals surface area contributed by atoms with Crippen LogP contribution in [0.1, 0.15) is 25.3 Å². The molecule has 1 aliphatic heterocycles. The summed E-state index contributed by atoms with van der Waals surface area (Å²) in [7, 11) is 0. The summed E-state index contributed by atoms with van der Waals surface area (Å²) in [5, 5.41) is 18.1. The Morgan fingerprint density at radius 1 is 1.43 bits per heavy atom. The van der Waals surface area contributed by atoms with Gasteiger partial charge >= 0.3 is 5.97 Å². The van der Waals surface area contributed by atoms with Gasteiger partial charge in [-0.05, 0) is 31.5 Å².